The molecule has 9 heteroatoms. The van der Waals surface area contributed by atoms with E-state index in [2.05, 4.69) is 5.32 Å². The van der Waals surface area contributed by atoms with Gasteiger partial charge in [0.05, 0.1) is 17.1 Å². The fraction of sp³-hybridized carbons (Fsp3) is 0.176. The number of hydrogen-bond donors (Lipinski definition) is 1. The highest BCUT2D eigenvalue weighted by atomic mass is 35.5. The molecular formula is C17H12ClF3N2O3. The van der Waals surface area contributed by atoms with E-state index < -0.39 is 28.8 Å². The number of carbonyl (C=O) groups excluding carboxylic acids is 2. The van der Waals surface area contributed by atoms with Gasteiger partial charge >= 0.3 is 12.3 Å². The number of nitrogens with zero attached hydrogens (tertiary/aromatic N) is 1. The first-order valence-corrected chi connectivity index (χ1v) is 7.86. The van der Waals surface area contributed by atoms with Crippen LogP contribution in [0.15, 0.2) is 42.5 Å². The predicted octanol–water partition coefficient (Wildman–Crippen LogP) is 4.57. The highest BCUT2D eigenvalue weighted by Gasteiger charge is 2.33. The maximum atomic E-state index is 12.9. The van der Waals surface area contributed by atoms with Crippen molar-refractivity contribution in [3.8, 4) is 0 Å². The number of ether oxygens (including phenoxy) is 1. The Morgan fingerprint density at radius 2 is 1.96 bits per heavy atom. The maximum absolute atomic E-state index is 12.9. The van der Waals surface area contributed by atoms with Crippen LogP contribution in [0, 0.1) is 0 Å². The van der Waals surface area contributed by atoms with Crippen molar-refractivity contribution in [2.75, 3.05) is 23.4 Å². The SMILES string of the molecule is O=C(Nc1ccc(Cl)c(C(F)(F)F)c1)c1cccc(N2CCOC2=O)c1. The molecule has 0 aromatic heterocycles. The van der Waals surface area contributed by atoms with Crippen molar-refractivity contribution in [1.82, 2.24) is 0 Å². The largest absolute Gasteiger partial charge is 0.447 e. The van der Waals surface area contributed by atoms with Gasteiger partial charge < -0.3 is 10.1 Å². The van der Waals surface area contributed by atoms with E-state index >= 15 is 0 Å². The van der Waals surface area contributed by atoms with Gasteiger partial charge in [0.15, 0.2) is 0 Å². The Labute approximate surface area is 151 Å². The molecule has 136 valence electrons. The third kappa shape index (κ3) is 3.75. The van der Waals surface area contributed by atoms with Crippen LogP contribution in [0.5, 0.6) is 0 Å². The molecule has 1 N–H and O–H groups in total. The van der Waals surface area contributed by atoms with Gasteiger partial charge in [-0.15, -0.1) is 0 Å². The Bertz CT molecular complexity index is 871. The second kappa shape index (κ2) is 6.87. The molecule has 5 nitrogen and oxygen atoms in total. The summed E-state index contributed by atoms with van der Waals surface area (Å²) in [4.78, 5) is 25.3. The molecule has 26 heavy (non-hydrogen) atoms. The molecule has 2 aromatic carbocycles. The topological polar surface area (TPSA) is 58.6 Å². The highest BCUT2D eigenvalue weighted by molar-refractivity contribution is 6.31. The maximum Gasteiger partial charge on any atom is 0.417 e. The van der Waals surface area contributed by atoms with E-state index in [1.165, 1.54) is 23.1 Å². The number of cyclic esters (lactones) is 1. The van der Waals surface area contributed by atoms with Crippen LogP contribution in [-0.2, 0) is 10.9 Å². The fourth-order valence-electron chi connectivity index (χ4n) is 2.47. The third-order valence-corrected chi connectivity index (χ3v) is 4.04. The average Bonchev–Trinajstić information content (AvgIpc) is 3.02. The van der Waals surface area contributed by atoms with Crippen LogP contribution in [-0.4, -0.2) is 25.2 Å². The predicted molar refractivity (Wildman–Crippen MR) is 89.5 cm³/mol. The van der Waals surface area contributed by atoms with E-state index in [4.69, 9.17) is 16.3 Å². The van der Waals surface area contributed by atoms with Crippen LogP contribution in [0.25, 0.3) is 0 Å². The molecule has 0 atom stereocenters. The quantitative estimate of drug-likeness (QED) is 0.843. The molecule has 1 heterocycles. The number of halogens is 4. The van der Waals surface area contributed by atoms with E-state index in [0.29, 0.717) is 12.2 Å². The summed E-state index contributed by atoms with van der Waals surface area (Å²) in [6.45, 7) is 0.607. The summed E-state index contributed by atoms with van der Waals surface area (Å²) in [5.41, 5.74) is -0.429. The minimum atomic E-state index is -4.63. The van der Waals surface area contributed by atoms with Gasteiger partial charge in [-0.2, -0.15) is 13.2 Å². The Morgan fingerprint density at radius 3 is 2.62 bits per heavy atom. The number of rotatable bonds is 3. The van der Waals surface area contributed by atoms with Crippen LogP contribution in [0.2, 0.25) is 5.02 Å². The van der Waals surface area contributed by atoms with Crippen molar-refractivity contribution >= 4 is 35.0 Å². The zero-order chi connectivity index (χ0) is 18.9. The van der Waals surface area contributed by atoms with Gasteiger partial charge in [-0.3, -0.25) is 9.69 Å². The van der Waals surface area contributed by atoms with Crippen molar-refractivity contribution in [2.24, 2.45) is 0 Å². The number of hydrogen-bond acceptors (Lipinski definition) is 3. The smallest absolute Gasteiger partial charge is 0.417 e. The molecule has 0 spiro atoms. The summed E-state index contributed by atoms with van der Waals surface area (Å²) < 4.78 is 43.6. The fourth-order valence-corrected chi connectivity index (χ4v) is 2.69. The van der Waals surface area contributed by atoms with E-state index in [-0.39, 0.29) is 17.9 Å². The van der Waals surface area contributed by atoms with Crippen molar-refractivity contribution in [2.45, 2.75) is 6.18 Å². The molecule has 0 saturated carbocycles. The van der Waals surface area contributed by atoms with Gasteiger partial charge in [-0.25, -0.2) is 4.79 Å². The first kappa shape index (κ1) is 18.1. The first-order chi connectivity index (χ1) is 12.3. The molecule has 0 bridgehead atoms. The van der Waals surface area contributed by atoms with Gasteiger partial charge in [-0.05, 0) is 36.4 Å². The van der Waals surface area contributed by atoms with E-state index in [1.54, 1.807) is 12.1 Å². The molecule has 1 fully saturated rings. The van der Waals surface area contributed by atoms with Crippen molar-refractivity contribution in [3.63, 3.8) is 0 Å². The van der Waals surface area contributed by atoms with Crippen molar-refractivity contribution in [1.29, 1.82) is 0 Å². The first-order valence-electron chi connectivity index (χ1n) is 7.48. The molecule has 1 saturated heterocycles. The Balaban J connectivity index is 1.82. The zero-order valence-corrected chi connectivity index (χ0v) is 13.9. The third-order valence-electron chi connectivity index (χ3n) is 3.71. The Morgan fingerprint density at radius 1 is 1.19 bits per heavy atom. The number of anilines is 2. The van der Waals surface area contributed by atoms with Crippen molar-refractivity contribution < 1.29 is 27.5 Å². The number of nitrogens with one attached hydrogen (secondary N) is 1. The molecule has 1 aliphatic rings. The zero-order valence-electron chi connectivity index (χ0n) is 13.1. The Hall–Kier alpha value is -2.74. The number of carbonyl (C=O) groups is 2. The molecule has 1 aliphatic heterocycles. The van der Waals surface area contributed by atoms with Crippen LogP contribution in [0.1, 0.15) is 15.9 Å². The van der Waals surface area contributed by atoms with Gasteiger partial charge in [0.1, 0.15) is 6.61 Å². The van der Waals surface area contributed by atoms with E-state index in [1.807, 2.05) is 0 Å². The molecular weight excluding hydrogens is 373 g/mol. The van der Waals surface area contributed by atoms with E-state index in [9.17, 15) is 22.8 Å². The molecule has 0 unspecified atom stereocenters. The second-order valence-electron chi connectivity index (χ2n) is 5.46. The monoisotopic (exact) mass is 384 g/mol. The summed E-state index contributed by atoms with van der Waals surface area (Å²) in [7, 11) is 0. The van der Waals surface area contributed by atoms with Crippen LogP contribution < -0.4 is 10.2 Å². The summed E-state index contributed by atoms with van der Waals surface area (Å²) in [5.74, 6) is -0.616. The number of amides is 2. The molecule has 3 rings (SSSR count). The Kier molecular flexibility index (Phi) is 4.78. The summed E-state index contributed by atoms with van der Waals surface area (Å²) in [6.07, 6.45) is -5.15. The van der Waals surface area contributed by atoms with E-state index in [0.717, 1.165) is 12.1 Å². The number of alkyl halides is 3. The second-order valence-corrected chi connectivity index (χ2v) is 5.87. The van der Waals surface area contributed by atoms with Gasteiger partial charge in [0, 0.05) is 16.9 Å². The minimum Gasteiger partial charge on any atom is -0.447 e. The number of benzene rings is 2. The molecule has 2 aromatic rings. The van der Waals surface area contributed by atoms with Gasteiger partial charge in [-0.1, -0.05) is 17.7 Å². The van der Waals surface area contributed by atoms with Crippen LogP contribution in [0.3, 0.4) is 0 Å². The van der Waals surface area contributed by atoms with Crippen LogP contribution in [0.4, 0.5) is 29.3 Å². The van der Waals surface area contributed by atoms with Gasteiger partial charge in [0.25, 0.3) is 5.91 Å². The van der Waals surface area contributed by atoms with Crippen molar-refractivity contribution in [3.05, 3.63) is 58.6 Å². The standard InChI is InChI=1S/C17H12ClF3N2O3/c18-14-5-4-11(9-13(14)17(19,20)21)22-15(24)10-2-1-3-12(8-10)23-6-7-26-16(23)25/h1-5,8-9H,6-7H2,(H,22,24). The van der Waals surface area contributed by atoms with Crippen LogP contribution >= 0.6 is 11.6 Å². The summed E-state index contributed by atoms with van der Waals surface area (Å²) in [6, 6.07) is 9.26. The van der Waals surface area contributed by atoms with Gasteiger partial charge in [0.2, 0.25) is 0 Å². The highest BCUT2D eigenvalue weighted by Crippen LogP contribution is 2.36. The summed E-state index contributed by atoms with van der Waals surface area (Å²) in [5, 5.41) is 1.94. The lowest BCUT2D eigenvalue weighted by Gasteiger charge is -2.14. The summed E-state index contributed by atoms with van der Waals surface area (Å²) >= 11 is 5.56. The molecule has 0 aliphatic carbocycles. The molecule has 0 radical (unpaired) electrons. The molecule has 2 amide bonds. The normalized spacial score (nSPS) is 14.3. The average molecular weight is 385 g/mol. The minimum absolute atomic E-state index is 0.0438. The lowest BCUT2D eigenvalue weighted by molar-refractivity contribution is -0.137. The lowest BCUT2D eigenvalue weighted by Crippen LogP contribution is -2.23. The lowest BCUT2D eigenvalue weighted by atomic mass is 10.1.